The summed E-state index contributed by atoms with van der Waals surface area (Å²) in [5.74, 6) is -0.279. The number of benzene rings is 1. The van der Waals surface area contributed by atoms with E-state index >= 15 is 0 Å². The van der Waals surface area contributed by atoms with Crippen molar-refractivity contribution in [1.82, 2.24) is 10.4 Å². The van der Waals surface area contributed by atoms with E-state index in [2.05, 4.69) is 15.2 Å². The Morgan fingerprint density at radius 1 is 1.04 bits per heavy atom. The fourth-order valence-corrected chi connectivity index (χ4v) is 2.45. The normalized spacial score (nSPS) is 15.2. The summed E-state index contributed by atoms with van der Waals surface area (Å²) in [4.78, 5) is 32.2. The molecule has 1 aromatic carbocycles. The van der Waals surface area contributed by atoms with Crippen LogP contribution in [0.15, 0.2) is 24.3 Å². The molecule has 1 heterocycles. The molecule has 0 spiro atoms. The molecular weight excluding hydrogens is 310 g/mol. The fourth-order valence-electron chi connectivity index (χ4n) is 2.45. The van der Waals surface area contributed by atoms with Gasteiger partial charge in [-0.05, 0) is 45.0 Å². The van der Waals surface area contributed by atoms with Crippen LogP contribution in [-0.2, 0) is 9.57 Å². The van der Waals surface area contributed by atoms with Gasteiger partial charge in [0.2, 0.25) is 0 Å². The van der Waals surface area contributed by atoms with Crippen LogP contribution in [0, 0.1) is 0 Å². The predicted molar refractivity (Wildman–Crippen MR) is 90.9 cm³/mol. The Balaban J connectivity index is 1.90. The van der Waals surface area contributed by atoms with E-state index in [1.807, 2.05) is 32.9 Å². The van der Waals surface area contributed by atoms with E-state index in [0.29, 0.717) is 18.7 Å². The van der Waals surface area contributed by atoms with Gasteiger partial charge in [0.15, 0.2) is 0 Å². The molecule has 0 aromatic heterocycles. The van der Waals surface area contributed by atoms with Crippen molar-refractivity contribution in [3.63, 3.8) is 0 Å². The zero-order valence-corrected chi connectivity index (χ0v) is 14.7. The first-order valence-electron chi connectivity index (χ1n) is 7.96. The molecule has 1 saturated heterocycles. The van der Waals surface area contributed by atoms with Crippen LogP contribution < -0.4 is 10.4 Å². The monoisotopic (exact) mass is 335 g/mol. The number of ether oxygens (including phenoxy) is 1. The van der Waals surface area contributed by atoms with Crippen LogP contribution >= 0.6 is 0 Å². The van der Waals surface area contributed by atoms with Gasteiger partial charge in [-0.3, -0.25) is 9.63 Å². The molecule has 1 fully saturated rings. The highest BCUT2D eigenvalue weighted by atomic mass is 16.6. The van der Waals surface area contributed by atoms with E-state index in [9.17, 15) is 9.59 Å². The molecule has 0 saturated carbocycles. The van der Waals surface area contributed by atoms with Crippen molar-refractivity contribution in [1.29, 1.82) is 0 Å². The first-order chi connectivity index (χ1) is 11.3. The summed E-state index contributed by atoms with van der Waals surface area (Å²) in [6, 6.07) is 7.30. The summed E-state index contributed by atoms with van der Waals surface area (Å²) in [5.41, 5.74) is 3.36. The lowest BCUT2D eigenvalue weighted by molar-refractivity contribution is 0.0240. The summed E-state index contributed by atoms with van der Waals surface area (Å²) in [6.07, 6.45) is -0.270. The molecule has 7 heteroatoms. The number of hydrogen-bond donors (Lipinski definition) is 1. The van der Waals surface area contributed by atoms with Crippen molar-refractivity contribution in [2.75, 3.05) is 38.2 Å². The first kappa shape index (κ1) is 18.1. The van der Waals surface area contributed by atoms with Gasteiger partial charge in [-0.25, -0.2) is 10.3 Å². The van der Waals surface area contributed by atoms with Gasteiger partial charge in [-0.15, -0.1) is 0 Å². The standard InChI is InChI=1S/C17H25N3O4/c1-17(2,3)24-16(22)20-11-9-19(10-12-20)14-7-5-13(6-8-14)15(21)18-23-4/h5-8H,9-12H2,1-4H3,(H,18,21). The van der Waals surface area contributed by atoms with Gasteiger partial charge in [0.1, 0.15) is 5.60 Å². The number of piperazine rings is 1. The molecule has 24 heavy (non-hydrogen) atoms. The molecule has 2 rings (SSSR count). The number of carbonyl (C=O) groups is 2. The molecule has 1 N–H and O–H groups in total. The third kappa shape index (κ3) is 4.86. The number of amides is 2. The zero-order valence-electron chi connectivity index (χ0n) is 14.7. The maximum Gasteiger partial charge on any atom is 0.410 e. The second-order valence-corrected chi connectivity index (χ2v) is 6.64. The summed E-state index contributed by atoms with van der Waals surface area (Å²) in [7, 11) is 1.40. The van der Waals surface area contributed by atoms with Gasteiger partial charge < -0.3 is 14.5 Å². The second-order valence-electron chi connectivity index (χ2n) is 6.64. The highest BCUT2D eigenvalue weighted by Gasteiger charge is 2.25. The Labute approximate surface area is 142 Å². The predicted octanol–water partition coefficient (Wildman–Crippen LogP) is 2.03. The van der Waals surface area contributed by atoms with Crippen LogP contribution in [0.25, 0.3) is 0 Å². The van der Waals surface area contributed by atoms with Gasteiger partial charge in [0.05, 0.1) is 7.11 Å². The van der Waals surface area contributed by atoms with Crippen molar-refractivity contribution in [2.24, 2.45) is 0 Å². The quantitative estimate of drug-likeness (QED) is 0.856. The average molecular weight is 335 g/mol. The smallest absolute Gasteiger partial charge is 0.410 e. The molecule has 1 aromatic rings. The molecule has 1 aliphatic heterocycles. The van der Waals surface area contributed by atoms with E-state index < -0.39 is 5.60 Å². The van der Waals surface area contributed by atoms with Crippen LogP contribution in [0.4, 0.5) is 10.5 Å². The van der Waals surface area contributed by atoms with Crippen molar-refractivity contribution < 1.29 is 19.2 Å². The summed E-state index contributed by atoms with van der Waals surface area (Å²) >= 11 is 0. The van der Waals surface area contributed by atoms with Crippen LogP contribution in [0.5, 0.6) is 0 Å². The Morgan fingerprint density at radius 2 is 1.62 bits per heavy atom. The third-order valence-corrected chi connectivity index (χ3v) is 3.62. The van der Waals surface area contributed by atoms with E-state index in [4.69, 9.17) is 4.74 Å². The molecule has 0 unspecified atom stereocenters. The van der Waals surface area contributed by atoms with E-state index in [-0.39, 0.29) is 12.0 Å². The number of hydroxylamine groups is 1. The number of nitrogens with one attached hydrogen (secondary N) is 1. The van der Waals surface area contributed by atoms with Crippen molar-refractivity contribution in [3.8, 4) is 0 Å². The lowest BCUT2D eigenvalue weighted by Gasteiger charge is -2.36. The number of rotatable bonds is 3. The molecular formula is C17H25N3O4. The highest BCUT2D eigenvalue weighted by Crippen LogP contribution is 2.18. The molecule has 1 aliphatic rings. The van der Waals surface area contributed by atoms with Crippen LogP contribution in [0.3, 0.4) is 0 Å². The second kappa shape index (κ2) is 7.53. The lowest BCUT2D eigenvalue weighted by Crippen LogP contribution is -2.50. The van der Waals surface area contributed by atoms with Crippen molar-refractivity contribution in [3.05, 3.63) is 29.8 Å². The summed E-state index contributed by atoms with van der Waals surface area (Å²) < 4.78 is 5.40. The minimum atomic E-state index is -0.479. The molecule has 2 amide bonds. The maximum atomic E-state index is 12.1. The molecule has 0 bridgehead atoms. The van der Waals surface area contributed by atoms with E-state index in [1.165, 1.54) is 7.11 Å². The van der Waals surface area contributed by atoms with Crippen LogP contribution in [0.1, 0.15) is 31.1 Å². The van der Waals surface area contributed by atoms with Crippen LogP contribution in [-0.4, -0.2) is 55.8 Å². The molecule has 0 radical (unpaired) electrons. The van der Waals surface area contributed by atoms with Gasteiger partial charge in [0.25, 0.3) is 5.91 Å². The molecule has 0 atom stereocenters. The zero-order chi connectivity index (χ0) is 17.7. The summed E-state index contributed by atoms with van der Waals surface area (Å²) in [6.45, 7) is 8.26. The van der Waals surface area contributed by atoms with Gasteiger partial charge in [-0.1, -0.05) is 0 Å². The maximum absolute atomic E-state index is 12.1. The molecule has 0 aliphatic carbocycles. The highest BCUT2D eigenvalue weighted by molar-refractivity contribution is 5.93. The Kier molecular flexibility index (Phi) is 5.66. The topological polar surface area (TPSA) is 71.1 Å². The largest absolute Gasteiger partial charge is 0.444 e. The Morgan fingerprint density at radius 3 is 2.12 bits per heavy atom. The van der Waals surface area contributed by atoms with E-state index in [1.54, 1.807) is 17.0 Å². The Bertz CT molecular complexity index is 572. The molecule has 7 nitrogen and oxygen atoms in total. The minimum absolute atomic E-state index is 0.270. The van der Waals surface area contributed by atoms with E-state index in [0.717, 1.165) is 18.8 Å². The minimum Gasteiger partial charge on any atom is -0.444 e. The first-order valence-corrected chi connectivity index (χ1v) is 7.96. The van der Waals surface area contributed by atoms with Crippen molar-refractivity contribution in [2.45, 2.75) is 26.4 Å². The SMILES string of the molecule is CONC(=O)c1ccc(N2CCN(C(=O)OC(C)(C)C)CC2)cc1. The third-order valence-electron chi connectivity index (χ3n) is 3.62. The number of carbonyl (C=O) groups excluding carboxylic acids is 2. The summed E-state index contributed by atoms with van der Waals surface area (Å²) in [5, 5.41) is 0. The van der Waals surface area contributed by atoms with Gasteiger partial charge in [0, 0.05) is 37.4 Å². The van der Waals surface area contributed by atoms with Gasteiger partial charge in [-0.2, -0.15) is 0 Å². The van der Waals surface area contributed by atoms with Gasteiger partial charge >= 0.3 is 6.09 Å². The molecule has 132 valence electrons. The van der Waals surface area contributed by atoms with Crippen LogP contribution in [0.2, 0.25) is 0 Å². The lowest BCUT2D eigenvalue weighted by atomic mass is 10.1. The number of hydrogen-bond acceptors (Lipinski definition) is 5. The fraction of sp³-hybridized carbons (Fsp3) is 0.529. The Hall–Kier alpha value is -2.28. The number of nitrogens with zero attached hydrogens (tertiary/aromatic N) is 2. The van der Waals surface area contributed by atoms with Crippen molar-refractivity contribution >= 4 is 17.7 Å². The average Bonchev–Trinajstić information content (AvgIpc) is 2.54. The number of anilines is 1.